The monoisotopic (exact) mass is 346 g/mol. The number of carbonyl (C=O) groups is 1. The van der Waals surface area contributed by atoms with Crippen LogP contribution in [0, 0.1) is 0 Å². The number of β-amino-alcohol motifs (C(OH)–C–C–N with tert-alkyl or cyclic N) is 1. The van der Waals surface area contributed by atoms with Crippen LogP contribution in [0.15, 0.2) is 48.5 Å². The van der Waals surface area contributed by atoms with Crippen molar-refractivity contribution in [1.82, 2.24) is 4.90 Å². The Morgan fingerprint density at radius 1 is 1.21 bits per heavy atom. The Morgan fingerprint density at radius 3 is 2.54 bits per heavy atom. The van der Waals surface area contributed by atoms with Gasteiger partial charge in [0.05, 0.1) is 6.10 Å². The number of halogens is 1. The molecule has 2 saturated heterocycles. The highest BCUT2D eigenvalue weighted by atomic mass is 35.5. The number of anilines is 1. The van der Waals surface area contributed by atoms with Gasteiger partial charge >= 0.3 is 5.91 Å². The average molecular weight is 347 g/mol. The van der Waals surface area contributed by atoms with Crippen molar-refractivity contribution in [2.24, 2.45) is 0 Å². The van der Waals surface area contributed by atoms with Crippen LogP contribution in [-0.2, 0) is 15.7 Å². The minimum absolute atomic E-state index is 0.237. The number of rotatable bonds is 4. The second-order valence-corrected chi connectivity index (χ2v) is 6.29. The SMILES string of the molecule is O=C(Nc1ccc(Cl)cc1)c1cccc(C2(N3CC(O)C3)OO2)c1. The standard InChI is InChI=1S/C17H15ClN2O4/c18-13-4-6-14(7-5-13)19-16(22)11-2-1-3-12(8-11)17(23-24-17)20-9-15(21)10-20/h1-8,15,21H,9-10H2,(H,19,22). The molecule has 2 N–H and O–H groups in total. The third-order valence-electron chi connectivity index (χ3n) is 4.11. The topological polar surface area (TPSA) is 77.6 Å². The summed E-state index contributed by atoms with van der Waals surface area (Å²) in [6, 6.07) is 13.9. The Balaban J connectivity index is 1.52. The van der Waals surface area contributed by atoms with Gasteiger partial charge in [-0.1, -0.05) is 23.7 Å². The number of benzene rings is 2. The molecular formula is C17H15ClN2O4. The third-order valence-corrected chi connectivity index (χ3v) is 4.36. The fourth-order valence-electron chi connectivity index (χ4n) is 2.71. The molecule has 7 heteroatoms. The molecule has 0 unspecified atom stereocenters. The van der Waals surface area contributed by atoms with Gasteiger partial charge < -0.3 is 10.4 Å². The lowest BCUT2D eigenvalue weighted by Gasteiger charge is -2.37. The summed E-state index contributed by atoms with van der Waals surface area (Å²) in [5.74, 6) is -1.21. The van der Waals surface area contributed by atoms with Gasteiger partial charge in [0.2, 0.25) is 0 Å². The fraction of sp³-hybridized carbons (Fsp3) is 0.235. The second-order valence-electron chi connectivity index (χ2n) is 5.85. The first-order valence-corrected chi connectivity index (χ1v) is 7.92. The van der Waals surface area contributed by atoms with E-state index in [4.69, 9.17) is 21.4 Å². The van der Waals surface area contributed by atoms with E-state index >= 15 is 0 Å². The van der Waals surface area contributed by atoms with Gasteiger partial charge in [0.15, 0.2) is 0 Å². The first kappa shape index (κ1) is 15.6. The van der Waals surface area contributed by atoms with Crippen molar-refractivity contribution in [2.75, 3.05) is 18.4 Å². The normalized spacial score (nSPS) is 19.6. The molecule has 2 fully saturated rings. The predicted molar refractivity (Wildman–Crippen MR) is 87.3 cm³/mol. The maximum absolute atomic E-state index is 12.4. The van der Waals surface area contributed by atoms with Gasteiger partial charge in [-0.3, -0.25) is 4.79 Å². The lowest BCUT2D eigenvalue weighted by molar-refractivity contribution is -0.0766. The Hall–Kier alpha value is -1.96. The van der Waals surface area contributed by atoms with E-state index in [0.717, 1.165) is 5.56 Å². The lowest BCUT2D eigenvalue weighted by atomic mass is 10.0. The number of nitrogens with one attached hydrogen (secondary N) is 1. The summed E-state index contributed by atoms with van der Waals surface area (Å²) in [4.78, 5) is 24.6. The Bertz CT molecular complexity index is 770. The highest BCUT2D eigenvalue weighted by Gasteiger charge is 2.59. The molecule has 124 valence electrons. The van der Waals surface area contributed by atoms with Crippen molar-refractivity contribution < 1.29 is 19.7 Å². The lowest BCUT2D eigenvalue weighted by Crippen LogP contribution is -2.56. The van der Waals surface area contributed by atoms with Crippen molar-refractivity contribution in [3.05, 3.63) is 64.7 Å². The van der Waals surface area contributed by atoms with E-state index in [1.807, 2.05) is 11.0 Å². The highest BCUT2D eigenvalue weighted by molar-refractivity contribution is 6.30. The molecule has 0 aromatic heterocycles. The first-order valence-electron chi connectivity index (χ1n) is 7.54. The number of hydrogen-bond acceptors (Lipinski definition) is 5. The molecular weight excluding hydrogens is 332 g/mol. The number of aliphatic hydroxyl groups is 1. The summed E-state index contributed by atoms with van der Waals surface area (Å²) in [5.41, 5.74) is 1.87. The van der Waals surface area contributed by atoms with Gasteiger partial charge in [-0.25, -0.2) is 4.90 Å². The van der Waals surface area contributed by atoms with Crippen LogP contribution in [0.3, 0.4) is 0 Å². The zero-order chi connectivity index (χ0) is 16.7. The molecule has 0 saturated carbocycles. The molecule has 0 aliphatic carbocycles. The molecule has 2 aromatic carbocycles. The van der Waals surface area contributed by atoms with E-state index in [2.05, 4.69) is 5.32 Å². The molecule has 0 bridgehead atoms. The van der Waals surface area contributed by atoms with Crippen molar-refractivity contribution >= 4 is 23.2 Å². The van der Waals surface area contributed by atoms with Crippen molar-refractivity contribution in [3.8, 4) is 0 Å². The van der Waals surface area contributed by atoms with Crippen molar-refractivity contribution in [2.45, 2.75) is 12.0 Å². The molecule has 2 aliphatic heterocycles. The largest absolute Gasteiger partial charge is 0.390 e. The first-order chi connectivity index (χ1) is 11.6. The minimum Gasteiger partial charge on any atom is -0.390 e. The zero-order valence-corrected chi connectivity index (χ0v) is 13.4. The maximum atomic E-state index is 12.4. The van der Waals surface area contributed by atoms with Gasteiger partial charge in [-0.15, -0.1) is 0 Å². The summed E-state index contributed by atoms with van der Waals surface area (Å²) >= 11 is 5.84. The number of amides is 1. The number of hydrogen-bond donors (Lipinski definition) is 2. The second kappa shape index (κ2) is 5.84. The van der Waals surface area contributed by atoms with Gasteiger partial charge in [-0.05, 0) is 36.4 Å². The van der Waals surface area contributed by atoms with Crippen LogP contribution in [0.25, 0.3) is 0 Å². The fourth-order valence-corrected chi connectivity index (χ4v) is 2.84. The molecule has 0 atom stereocenters. The third kappa shape index (κ3) is 2.79. The van der Waals surface area contributed by atoms with Crippen LogP contribution in [0.1, 0.15) is 15.9 Å². The Labute approximate surface area is 143 Å². The van der Waals surface area contributed by atoms with Gasteiger partial charge in [0, 0.05) is 34.9 Å². The molecule has 24 heavy (non-hydrogen) atoms. The van der Waals surface area contributed by atoms with Crippen LogP contribution < -0.4 is 5.32 Å². The van der Waals surface area contributed by atoms with Gasteiger partial charge in [-0.2, -0.15) is 9.78 Å². The molecule has 0 radical (unpaired) electrons. The summed E-state index contributed by atoms with van der Waals surface area (Å²) in [6.07, 6.45) is -0.369. The molecule has 2 aromatic rings. The van der Waals surface area contributed by atoms with Gasteiger partial charge in [0.25, 0.3) is 5.91 Å². The molecule has 0 spiro atoms. The zero-order valence-electron chi connectivity index (χ0n) is 12.6. The number of carbonyl (C=O) groups excluding carboxylic acids is 1. The molecule has 6 nitrogen and oxygen atoms in total. The van der Waals surface area contributed by atoms with Crippen LogP contribution in [-0.4, -0.2) is 35.1 Å². The predicted octanol–water partition coefficient (Wildman–Crippen LogP) is 2.34. The van der Waals surface area contributed by atoms with Crippen LogP contribution >= 0.6 is 11.6 Å². The van der Waals surface area contributed by atoms with Crippen LogP contribution in [0.2, 0.25) is 5.02 Å². The Morgan fingerprint density at radius 2 is 1.92 bits per heavy atom. The number of aliphatic hydroxyl groups excluding tert-OH is 1. The van der Waals surface area contributed by atoms with Gasteiger partial charge in [0.1, 0.15) is 0 Å². The van der Waals surface area contributed by atoms with Crippen LogP contribution in [0.4, 0.5) is 5.69 Å². The number of likely N-dealkylation sites (tertiary alicyclic amines) is 1. The smallest absolute Gasteiger partial charge is 0.317 e. The summed E-state index contributed by atoms with van der Waals surface area (Å²) in [7, 11) is 0. The molecule has 2 aliphatic rings. The van der Waals surface area contributed by atoms with Crippen molar-refractivity contribution in [1.29, 1.82) is 0 Å². The van der Waals surface area contributed by atoms with Crippen LogP contribution in [0.5, 0.6) is 0 Å². The quantitative estimate of drug-likeness (QED) is 0.656. The van der Waals surface area contributed by atoms with E-state index in [-0.39, 0.29) is 12.0 Å². The number of nitrogens with zero attached hydrogens (tertiary/aromatic N) is 1. The summed E-state index contributed by atoms with van der Waals surface area (Å²) in [5, 5.41) is 12.9. The minimum atomic E-state index is -0.976. The maximum Gasteiger partial charge on any atom is 0.317 e. The van der Waals surface area contributed by atoms with Crippen molar-refractivity contribution in [3.63, 3.8) is 0 Å². The molecule has 2 heterocycles. The van der Waals surface area contributed by atoms with E-state index < -0.39 is 5.91 Å². The summed E-state index contributed by atoms with van der Waals surface area (Å²) in [6.45, 7) is 0.947. The van der Waals surface area contributed by atoms with E-state index in [1.54, 1.807) is 42.5 Å². The molecule has 1 amide bonds. The summed E-state index contributed by atoms with van der Waals surface area (Å²) < 4.78 is 0. The highest BCUT2D eigenvalue weighted by Crippen LogP contribution is 2.46. The average Bonchev–Trinajstić information content (AvgIpc) is 3.36. The van der Waals surface area contributed by atoms with E-state index in [0.29, 0.717) is 29.4 Å². The van der Waals surface area contributed by atoms with E-state index in [1.165, 1.54) is 0 Å². The molecule has 4 rings (SSSR count). The Kier molecular flexibility index (Phi) is 3.79. The van der Waals surface area contributed by atoms with E-state index in [9.17, 15) is 9.90 Å².